The van der Waals surface area contributed by atoms with Gasteiger partial charge in [-0.2, -0.15) is 0 Å². The number of nitrogens with one attached hydrogen (secondary N) is 1. The van der Waals surface area contributed by atoms with Gasteiger partial charge in [0.15, 0.2) is 16.8 Å². The fraction of sp³-hybridized carbons (Fsp3) is 0.143. The van der Waals surface area contributed by atoms with Crippen molar-refractivity contribution in [3.63, 3.8) is 0 Å². The van der Waals surface area contributed by atoms with Gasteiger partial charge in [0, 0.05) is 23.4 Å². The molecule has 0 aliphatic rings. The highest BCUT2D eigenvalue weighted by Crippen LogP contribution is 2.24. The number of carbonyl (C=O) groups excluding carboxylic acids is 2. The Morgan fingerprint density at radius 2 is 1.97 bits per heavy atom. The minimum absolute atomic E-state index is 0.0682. The highest BCUT2D eigenvalue weighted by atomic mass is 32.2. The lowest BCUT2D eigenvalue weighted by Gasteiger charge is -2.08. The first-order valence-electron chi connectivity index (χ1n) is 8.81. The van der Waals surface area contributed by atoms with Gasteiger partial charge in [-0.25, -0.2) is 4.39 Å². The topological polar surface area (TPSA) is 76.9 Å². The molecule has 29 heavy (non-hydrogen) atoms. The van der Waals surface area contributed by atoms with E-state index >= 15 is 0 Å². The lowest BCUT2D eigenvalue weighted by molar-refractivity contribution is -0.113. The maximum absolute atomic E-state index is 13.2. The first-order chi connectivity index (χ1) is 14.0. The number of rotatable bonds is 8. The second kappa shape index (κ2) is 9.29. The number of allylic oxidation sites excluding steroid dienone is 1. The van der Waals surface area contributed by atoms with Gasteiger partial charge in [0.2, 0.25) is 5.91 Å². The van der Waals surface area contributed by atoms with E-state index in [2.05, 4.69) is 22.1 Å². The Balaban J connectivity index is 1.70. The summed E-state index contributed by atoms with van der Waals surface area (Å²) >= 11 is 1.23. The van der Waals surface area contributed by atoms with Crippen molar-refractivity contribution >= 4 is 29.1 Å². The molecule has 0 bridgehead atoms. The summed E-state index contributed by atoms with van der Waals surface area (Å²) in [5.74, 6) is 0.0577. The van der Waals surface area contributed by atoms with E-state index in [1.165, 1.54) is 30.8 Å². The Labute approximate surface area is 171 Å². The highest BCUT2D eigenvalue weighted by Gasteiger charge is 2.15. The Morgan fingerprint density at radius 1 is 1.21 bits per heavy atom. The molecule has 0 radical (unpaired) electrons. The van der Waals surface area contributed by atoms with Crippen LogP contribution in [0, 0.1) is 5.82 Å². The molecule has 0 fully saturated rings. The van der Waals surface area contributed by atoms with Crippen molar-refractivity contribution in [1.29, 1.82) is 0 Å². The Hall–Kier alpha value is -3.26. The molecule has 0 aliphatic carbocycles. The zero-order valence-corrected chi connectivity index (χ0v) is 16.6. The van der Waals surface area contributed by atoms with Crippen LogP contribution in [0.25, 0.3) is 11.4 Å². The smallest absolute Gasteiger partial charge is 0.234 e. The number of anilines is 1. The van der Waals surface area contributed by atoms with Crippen LogP contribution < -0.4 is 5.32 Å². The van der Waals surface area contributed by atoms with Gasteiger partial charge in [-0.3, -0.25) is 14.2 Å². The van der Waals surface area contributed by atoms with Crippen LogP contribution in [0.2, 0.25) is 0 Å². The average Bonchev–Trinajstić information content (AvgIpc) is 3.10. The Kier molecular flexibility index (Phi) is 6.56. The van der Waals surface area contributed by atoms with Gasteiger partial charge in [0.25, 0.3) is 0 Å². The minimum atomic E-state index is -0.330. The first kappa shape index (κ1) is 20.5. The summed E-state index contributed by atoms with van der Waals surface area (Å²) < 4.78 is 15.0. The zero-order chi connectivity index (χ0) is 20.8. The number of aromatic nitrogens is 3. The molecule has 148 valence electrons. The molecule has 1 aromatic heterocycles. The molecule has 0 unspecified atom stereocenters. The number of thioether (sulfide) groups is 1. The summed E-state index contributed by atoms with van der Waals surface area (Å²) in [5.41, 5.74) is 1.81. The third-order valence-electron chi connectivity index (χ3n) is 4.02. The number of ketones is 1. The van der Waals surface area contributed by atoms with Crippen LogP contribution in [0.5, 0.6) is 0 Å². The zero-order valence-electron chi connectivity index (χ0n) is 15.8. The minimum Gasteiger partial charge on any atom is -0.325 e. The second-order valence-electron chi connectivity index (χ2n) is 6.19. The summed E-state index contributed by atoms with van der Waals surface area (Å²) in [6.45, 7) is 5.67. The third kappa shape index (κ3) is 5.17. The fourth-order valence-electron chi connectivity index (χ4n) is 2.64. The predicted octanol–water partition coefficient (Wildman–Crippen LogP) is 4.20. The van der Waals surface area contributed by atoms with Crippen molar-refractivity contribution in [3.8, 4) is 11.4 Å². The summed E-state index contributed by atoms with van der Waals surface area (Å²) in [5, 5.41) is 11.7. The maximum atomic E-state index is 13.2. The van der Waals surface area contributed by atoms with Gasteiger partial charge in [0.05, 0.1) is 5.75 Å². The molecule has 0 atom stereocenters. The standard InChI is InChI=1S/C21H19FN4O2S/c1-3-11-26-20(15-7-9-17(22)10-8-15)24-25-21(26)29-13-19(28)23-18-6-4-5-16(12-18)14(2)27/h3-10,12H,1,11,13H2,2H3,(H,23,28). The number of amides is 1. The van der Waals surface area contributed by atoms with Crippen molar-refractivity contribution in [1.82, 2.24) is 14.8 Å². The molecular weight excluding hydrogens is 391 g/mol. The van der Waals surface area contributed by atoms with E-state index in [0.717, 1.165) is 5.56 Å². The van der Waals surface area contributed by atoms with E-state index in [1.807, 2.05) is 4.57 Å². The van der Waals surface area contributed by atoms with Crippen LogP contribution >= 0.6 is 11.8 Å². The number of hydrogen-bond acceptors (Lipinski definition) is 5. The monoisotopic (exact) mass is 410 g/mol. The van der Waals surface area contributed by atoms with Crippen molar-refractivity contribution < 1.29 is 14.0 Å². The van der Waals surface area contributed by atoms with Gasteiger partial charge >= 0.3 is 0 Å². The van der Waals surface area contributed by atoms with Gasteiger partial charge < -0.3 is 5.32 Å². The summed E-state index contributed by atoms with van der Waals surface area (Å²) in [4.78, 5) is 23.8. The number of hydrogen-bond donors (Lipinski definition) is 1. The van der Waals surface area contributed by atoms with Gasteiger partial charge in [-0.15, -0.1) is 16.8 Å². The lowest BCUT2D eigenvalue weighted by Crippen LogP contribution is -2.15. The van der Waals surface area contributed by atoms with Crippen LogP contribution in [0.15, 0.2) is 66.3 Å². The lowest BCUT2D eigenvalue weighted by atomic mass is 10.1. The van der Waals surface area contributed by atoms with E-state index < -0.39 is 0 Å². The third-order valence-corrected chi connectivity index (χ3v) is 4.98. The molecule has 0 saturated carbocycles. The first-order valence-corrected chi connectivity index (χ1v) is 9.80. The SMILES string of the molecule is C=CCn1c(SCC(=O)Nc2cccc(C(C)=O)c2)nnc1-c1ccc(F)cc1. The Morgan fingerprint density at radius 3 is 2.66 bits per heavy atom. The van der Waals surface area contributed by atoms with Crippen LogP contribution in [-0.4, -0.2) is 32.2 Å². The molecular formula is C21H19FN4O2S. The summed E-state index contributed by atoms with van der Waals surface area (Å²) in [7, 11) is 0. The van der Waals surface area contributed by atoms with Gasteiger partial charge in [-0.05, 0) is 43.3 Å². The van der Waals surface area contributed by atoms with Crippen LogP contribution in [0.1, 0.15) is 17.3 Å². The molecule has 1 N–H and O–H groups in total. The van der Waals surface area contributed by atoms with Crippen molar-refractivity contribution in [2.45, 2.75) is 18.6 Å². The molecule has 0 spiro atoms. The normalized spacial score (nSPS) is 10.6. The molecule has 2 aromatic carbocycles. The van der Waals surface area contributed by atoms with E-state index in [0.29, 0.717) is 28.8 Å². The molecule has 0 saturated heterocycles. The van der Waals surface area contributed by atoms with Crippen molar-refractivity contribution in [2.75, 3.05) is 11.1 Å². The van der Waals surface area contributed by atoms with Crippen LogP contribution in [0.3, 0.4) is 0 Å². The summed E-state index contributed by atoms with van der Waals surface area (Å²) in [6.07, 6.45) is 1.70. The summed E-state index contributed by atoms with van der Waals surface area (Å²) in [6, 6.07) is 12.7. The average molecular weight is 410 g/mol. The van der Waals surface area contributed by atoms with Crippen molar-refractivity contribution in [3.05, 3.63) is 72.6 Å². The molecule has 6 nitrogen and oxygen atoms in total. The highest BCUT2D eigenvalue weighted by molar-refractivity contribution is 7.99. The van der Waals surface area contributed by atoms with E-state index in [1.54, 1.807) is 42.5 Å². The number of halogens is 1. The fourth-order valence-corrected chi connectivity index (χ4v) is 3.39. The molecule has 1 amide bonds. The van der Waals surface area contributed by atoms with Gasteiger partial charge in [-0.1, -0.05) is 30.0 Å². The Bertz CT molecular complexity index is 1050. The van der Waals surface area contributed by atoms with E-state index in [9.17, 15) is 14.0 Å². The van der Waals surface area contributed by atoms with Crippen LogP contribution in [-0.2, 0) is 11.3 Å². The number of Topliss-reactive ketones (excluding diaryl/α,β-unsaturated/α-hetero) is 1. The van der Waals surface area contributed by atoms with E-state index in [4.69, 9.17) is 0 Å². The molecule has 8 heteroatoms. The number of benzene rings is 2. The quantitative estimate of drug-likeness (QED) is 0.342. The van der Waals surface area contributed by atoms with Gasteiger partial charge in [0.1, 0.15) is 5.82 Å². The largest absolute Gasteiger partial charge is 0.325 e. The number of nitrogens with zero attached hydrogens (tertiary/aromatic N) is 3. The van der Waals surface area contributed by atoms with E-state index in [-0.39, 0.29) is 23.3 Å². The molecule has 3 rings (SSSR count). The maximum Gasteiger partial charge on any atom is 0.234 e. The molecule has 0 aliphatic heterocycles. The van der Waals surface area contributed by atoms with Crippen LogP contribution in [0.4, 0.5) is 10.1 Å². The van der Waals surface area contributed by atoms with Crippen molar-refractivity contribution in [2.24, 2.45) is 0 Å². The second-order valence-corrected chi connectivity index (χ2v) is 7.13. The molecule has 3 aromatic rings. The number of carbonyl (C=O) groups is 2. The predicted molar refractivity (Wildman–Crippen MR) is 111 cm³/mol. The molecule has 1 heterocycles.